The lowest BCUT2D eigenvalue weighted by Gasteiger charge is -2.28. The number of rotatable bonds is 7. The lowest BCUT2D eigenvalue weighted by Crippen LogP contribution is -2.35. The minimum Gasteiger partial charge on any atom is -0.356 e. The van der Waals surface area contributed by atoms with Gasteiger partial charge in [0.1, 0.15) is 0 Å². The molecule has 1 fully saturated rings. The summed E-state index contributed by atoms with van der Waals surface area (Å²) in [7, 11) is 1.91. The molecule has 186 valence electrons. The molecule has 0 spiro atoms. The Balaban J connectivity index is 1.23. The number of aromatic nitrogens is 6. The van der Waals surface area contributed by atoms with Gasteiger partial charge in [-0.2, -0.15) is 10.2 Å². The van der Waals surface area contributed by atoms with E-state index in [1.54, 1.807) is 4.68 Å². The van der Waals surface area contributed by atoms with E-state index >= 15 is 0 Å². The zero-order valence-corrected chi connectivity index (χ0v) is 21.1. The van der Waals surface area contributed by atoms with Crippen molar-refractivity contribution in [1.29, 1.82) is 0 Å². The highest BCUT2D eigenvalue weighted by atomic mass is 16.1. The molecule has 1 amide bonds. The monoisotopic (exact) mass is 483 g/mol. The SMILES string of the molecule is CC(C)CNC(=O)[C@H]1CC[C@H](n2cc(-c3cnc(-c4cccc(-c5cnn(C)c5)c4)nc3)cn2)CC1. The average molecular weight is 484 g/mol. The third kappa shape index (κ3) is 5.37. The van der Waals surface area contributed by atoms with Crippen molar-refractivity contribution in [2.45, 2.75) is 45.6 Å². The summed E-state index contributed by atoms with van der Waals surface area (Å²) in [6.07, 6.45) is 15.2. The molecule has 3 heterocycles. The molecule has 1 aliphatic carbocycles. The molecule has 1 aliphatic rings. The van der Waals surface area contributed by atoms with Crippen LogP contribution in [-0.2, 0) is 11.8 Å². The first-order chi connectivity index (χ1) is 17.5. The Kier molecular flexibility index (Phi) is 6.93. The maximum absolute atomic E-state index is 12.4. The molecule has 8 heteroatoms. The van der Waals surface area contributed by atoms with Gasteiger partial charge in [0.2, 0.25) is 5.91 Å². The van der Waals surface area contributed by atoms with E-state index in [1.807, 2.05) is 54.8 Å². The van der Waals surface area contributed by atoms with Crippen LogP contribution in [0.3, 0.4) is 0 Å². The summed E-state index contributed by atoms with van der Waals surface area (Å²) in [6, 6.07) is 8.51. The number of nitrogens with one attached hydrogen (secondary N) is 1. The largest absolute Gasteiger partial charge is 0.356 e. The molecule has 5 rings (SSSR count). The van der Waals surface area contributed by atoms with Crippen molar-refractivity contribution in [1.82, 2.24) is 34.8 Å². The first kappa shape index (κ1) is 23.9. The summed E-state index contributed by atoms with van der Waals surface area (Å²) >= 11 is 0. The van der Waals surface area contributed by atoms with Crippen LogP contribution in [0.1, 0.15) is 45.6 Å². The van der Waals surface area contributed by atoms with E-state index in [1.165, 1.54) is 0 Å². The molecular weight excluding hydrogens is 450 g/mol. The van der Waals surface area contributed by atoms with Gasteiger partial charge in [-0.15, -0.1) is 0 Å². The fourth-order valence-electron chi connectivity index (χ4n) is 4.77. The minimum atomic E-state index is 0.118. The topological polar surface area (TPSA) is 90.5 Å². The van der Waals surface area contributed by atoms with E-state index in [2.05, 4.69) is 57.7 Å². The Labute approximate surface area is 211 Å². The molecule has 1 saturated carbocycles. The standard InChI is InChI=1S/C28H33N7O/c1-19(2)12-31-28(36)20-7-9-26(10-8-20)35-18-25(16-33-35)23-13-29-27(30-14-23)22-6-4-5-21(11-22)24-15-32-34(3)17-24/h4-6,11,13-20,26H,7-10,12H2,1-3H3,(H,31,36)/t20-,26-. The van der Waals surface area contributed by atoms with Crippen LogP contribution >= 0.6 is 0 Å². The fourth-order valence-corrected chi connectivity index (χ4v) is 4.77. The number of aryl methyl sites for hydroxylation is 1. The van der Waals surface area contributed by atoms with Crippen molar-refractivity contribution in [3.63, 3.8) is 0 Å². The molecular formula is C28H33N7O. The number of hydrogen-bond donors (Lipinski definition) is 1. The van der Waals surface area contributed by atoms with E-state index in [9.17, 15) is 4.79 Å². The molecule has 1 N–H and O–H groups in total. The van der Waals surface area contributed by atoms with E-state index < -0.39 is 0 Å². The van der Waals surface area contributed by atoms with E-state index in [-0.39, 0.29) is 11.8 Å². The molecule has 0 radical (unpaired) electrons. The molecule has 8 nitrogen and oxygen atoms in total. The van der Waals surface area contributed by atoms with Gasteiger partial charge < -0.3 is 5.32 Å². The number of carbonyl (C=O) groups excluding carboxylic acids is 1. The molecule has 4 aromatic rings. The number of amides is 1. The van der Waals surface area contributed by atoms with Crippen LogP contribution in [0.5, 0.6) is 0 Å². The third-order valence-electron chi connectivity index (χ3n) is 6.87. The second kappa shape index (κ2) is 10.4. The first-order valence-corrected chi connectivity index (χ1v) is 12.7. The zero-order valence-electron chi connectivity index (χ0n) is 21.1. The van der Waals surface area contributed by atoms with Crippen LogP contribution in [0, 0.1) is 11.8 Å². The van der Waals surface area contributed by atoms with Crippen molar-refractivity contribution in [2.24, 2.45) is 18.9 Å². The van der Waals surface area contributed by atoms with Gasteiger partial charge in [-0.1, -0.05) is 32.0 Å². The highest BCUT2D eigenvalue weighted by Gasteiger charge is 2.27. The second-order valence-electron chi connectivity index (χ2n) is 10.1. The smallest absolute Gasteiger partial charge is 0.223 e. The summed E-state index contributed by atoms with van der Waals surface area (Å²) in [5.41, 5.74) is 5.06. The normalized spacial score (nSPS) is 17.9. The van der Waals surface area contributed by atoms with Crippen molar-refractivity contribution < 1.29 is 4.79 Å². The molecule has 0 saturated heterocycles. The molecule has 0 aliphatic heterocycles. The number of hydrogen-bond acceptors (Lipinski definition) is 5. The Morgan fingerprint density at radius 1 is 0.917 bits per heavy atom. The van der Waals surface area contributed by atoms with Crippen LogP contribution in [0.4, 0.5) is 0 Å². The predicted molar refractivity (Wildman–Crippen MR) is 140 cm³/mol. The minimum absolute atomic E-state index is 0.118. The Hall–Kier alpha value is -3.81. The van der Waals surface area contributed by atoms with Gasteiger partial charge in [0.05, 0.1) is 18.4 Å². The van der Waals surface area contributed by atoms with Crippen molar-refractivity contribution in [2.75, 3.05) is 6.54 Å². The quantitative estimate of drug-likeness (QED) is 0.403. The van der Waals surface area contributed by atoms with Crippen LogP contribution < -0.4 is 5.32 Å². The van der Waals surface area contributed by atoms with Gasteiger partial charge in [-0.25, -0.2) is 9.97 Å². The summed E-state index contributed by atoms with van der Waals surface area (Å²) in [5.74, 6) is 1.48. The lowest BCUT2D eigenvalue weighted by molar-refractivity contribution is -0.126. The lowest BCUT2D eigenvalue weighted by atomic mass is 9.85. The van der Waals surface area contributed by atoms with Crippen LogP contribution in [0.25, 0.3) is 33.6 Å². The highest BCUT2D eigenvalue weighted by Crippen LogP contribution is 2.33. The second-order valence-corrected chi connectivity index (χ2v) is 10.1. The summed E-state index contributed by atoms with van der Waals surface area (Å²) in [5, 5.41) is 12.0. The van der Waals surface area contributed by atoms with Gasteiger partial charge in [0.15, 0.2) is 5.82 Å². The predicted octanol–water partition coefficient (Wildman–Crippen LogP) is 4.91. The van der Waals surface area contributed by atoms with E-state index in [4.69, 9.17) is 0 Å². The molecule has 0 bridgehead atoms. The van der Waals surface area contributed by atoms with Crippen molar-refractivity contribution in [3.8, 4) is 33.6 Å². The number of nitrogens with zero attached hydrogens (tertiary/aromatic N) is 6. The Morgan fingerprint density at radius 3 is 2.31 bits per heavy atom. The van der Waals surface area contributed by atoms with Gasteiger partial charge >= 0.3 is 0 Å². The van der Waals surface area contributed by atoms with Crippen molar-refractivity contribution >= 4 is 5.91 Å². The van der Waals surface area contributed by atoms with Crippen molar-refractivity contribution in [3.05, 3.63) is 61.4 Å². The summed E-state index contributed by atoms with van der Waals surface area (Å²) in [6.45, 7) is 4.98. The summed E-state index contributed by atoms with van der Waals surface area (Å²) in [4.78, 5) is 21.7. The molecule has 3 aromatic heterocycles. The van der Waals surface area contributed by atoms with E-state index in [0.29, 0.717) is 17.8 Å². The van der Waals surface area contributed by atoms with E-state index in [0.717, 1.165) is 60.0 Å². The molecule has 1 aromatic carbocycles. The Bertz CT molecular complexity index is 1310. The number of carbonyl (C=O) groups is 1. The van der Waals surface area contributed by atoms with Crippen LogP contribution in [0.15, 0.2) is 61.4 Å². The fraction of sp³-hybridized carbons (Fsp3) is 0.393. The van der Waals surface area contributed by atoms with Gasteiger partial charge in [0, 0.05) is 66.6 Å². The van der Waals surface area contributed by atoms with Gasteiger partial charge in [-0.3, -0.25) is 14.2 Å². The molecule has 0 unspecified atom stereocenters. The highest BCUT2D eigenvalue weighted by molar-refractivity contribution is 5.78. The molecule has 0 atom stereocenters. The van der Waals surface area contributed by atoms with Crippen LogP contribution in [0.2, 0.25) is 0 Å². The summed E-state index contributed by atoms with van der Waals surface area (Å²) < 4.78 is 3.84. The maximum atomic E-state index is 12.4. The van der Waals surface area contributed by atoms with Gasteiger partial charge in [0.25, 0.3) is 0 Å². The van der Waals surface area contributed by atoms with Crippen LogP contribution in [-0.4, -0.2) is 42.0 Å². The Morgan fingerprint density at radius 2 is 1.61 bits per heavy atom. The zero-order chi connectivity index (χ0) is 25.1. The number of benzene rings is 1. The average Bonchev–Trinajstić information content (AvgIpc) is 3.57. The first-order valence-electron chi connectivity index (χ1n) is 12.7. The maximum Gasteiger partial charge on any atom is 0.223 e. The van der Waals surface area contributed by atoms with Gasteiger partial charge in [-0.05, 0) is 43.2 Å². The molecule has 36 heavy (non-hydrogen) atoms. The third-order valence-corrected chi connectivity index (χ3v) is 6.87.